The number of carboxylic acid groups (broad SMARTS) is 1. The Hall–Kier alpha value is -3.29. The summed E-state index contributed by atoms with van der Waals surface area (Å²) >= 11 is 0. The van der Waals surface area contributed by atoms with Crippen molar-refractivity contribution < 1.29 is 19.1 Å². The summed E-state index contributed by atoms with van der Waals surface area (Å²) in [5.74, 6) is -2.24. The van der Waals surface area contributed by atoms with E-state index in [1.807, 2.05) is 13.8 Å². The fraction of sp³-hybridized carbons (Fsp3) is 0.300. The molecule has 0 bridgehead atoms. The van der Waals surface area contributed by atoms with Gasteiger partial charge in [0.05, 0.1) is 17.1 Å². The Morgan fingerprint density at radius 2 is 1.93 bits per heavy atom. The molecular formula is C20H21FN4O3. The molecule has 0 aliphatic heterocycles. The molecule has 1 amide bonds. The summed E-state index contributed by atoms with van der Waals surface area (Å²) in [5, 5.41) is 16.9. The first-order valence-corrected chi connectivity index (χ1v) is 8.83. The van der Waals surface area contributed by atoms with Gasteiger partial charge in [-0.25, -0.2) is 18.9 Å². The average Bonchev–Trinajstić information content (AvgIpc) is 3.04. The van der Waals surface area contributed by atoms with Crippen LogP contribution in [0.1, 0.15) is 53.1 Å². The van der Waals surface area contributed by atoms with Crippen molar-refractivity contribution in [1.29, 1.82) is 0 Å². The first-order chi connectivity index (χ1) is 13.2. The average molecular weight is 384 g/mol. The van der Waals surface area contributed by atoms with Crippen LogP contribution in [-0.4, -0.2) is 31.7 Å². The van der Waals surface area contributed by atoms with Gasteiger partial charge in [-0.1, -0.05) is 12.1 Å². The van der Waals surface area contributed by atoms with Gasteiger partial charge in [-0.05, 0) is 51.0 Å². The van der Waals surface area contributed by atoms with Gasteiger partial charge < -0.3 is 10.4 Å². The molecule has 2 aromatic heterocycles. The summed E-state index contributed by atoms with van der Waals surface area (Å²) in [7, 11) is 0. The van der Waals surface area contributed by atoms with Gasteiger partial charge >= 0.3 is 5.97 Å². The van der Waals surface area contributed by atoms with Gasteiger partial charge in [0.25, 0.3) is 5.91 Å². The van der Waals surface area contributed by atoms with Crippen LogP contribution < -0.4 is 5.32 Å². The van der Waals surface area contributed by atoms with Gasteiger partial charge in [0.15, 0.2) is 11.7 Å². The predicted octanol–water partition coefficient (Wildman–Crippen LogP) is 3.32. The molecule has 0 radical (unpaired) electrons. The lowest BCUT2D eigenvalue weighted by Gasteiger charge is -2.16. The van der Waals surface area contributed by atoms with E-state index >= 15 is 0 Å². The lowest BCUT2D eigenvalue weighted by molar-refractivity contribution is -0.139. The number of halogens is 1. The molecular weight excluding hydrogens is 363 g/mol. The van der Waals surface area contributed by atoms with Crippen molar-refractivity contribution in [2.45, 2.75) is 39.8 Å². The third kappa shape index (κ3) is 3.58. The van der Waals surface area contributed by atoms with Crippen LogP contribution in [0.25, 0.3) is 11.0 Å². The third-order valence-electron chi connectivity index (χ3n) is 4.47. The number of hydrogen-bond acceptors (Lipinski definition) is 4. The Morgan fingerprint density at radius 3 is 2.54 bits per heavy atom. The summed E-state index contributed by atoms with van der Waals surface area (Å²) in [5.41, 5.74) is 2.06. The van der Waals surface area contributed by atoms with Crippen LogP contribution in [0.5, 0.6) is 0 Å². The number of amides is 1. The zero-order valence-corrected chi connectivity index (χ0v) is 16.0. The minimum Gasteiger partial charge on any atom is -0.479 e. The quantitative estimate of drug-likeness (QED) is 0.703. The molecule has 2 heterocycles. The molecule has 8 heteroatoms. The van der Waals surface area contributed by atoms with E-state index in [9.17, 15) is 19.1 Å². The normalized spacial score (nSPS) is 12.4. The van der Waals surface area contributed by atoms with Crippen LogP contribution in [0.2, 0.25) is 0 Å². The van der Waals surface area contributed by atoms with E-state index in [4.69, 9.17) is 0 Å². The van der Waals surface area contributed by atoms with Gasteiger partial charge in [0.1, 0.15) is 5.82 Å². The van der Waals surface area contributed by atoms with Crippen molar-refractivity contribution in [1.82, 2.24) is 20.1 Å². The monoisotopic (exact) mass is 384 g/mol. The maximum atomic E-state index is 13.5. The smallest absolute Gasteiger partial charge is 0.330 e. The number of hydrogen-bond donors (Lipinski definition) is 2. The van der Waals surface area contributed by atoms with E-state index in [2.05, 4.69) is 15.4 Å². The highest BCUT2D eigenvalue weighted by Crippen LogP contribution is 2.23. The maximum Gasteiger partial charge on any atom is 0.330 e. The molecule has 1 aromatic carbocycles. The number of rotatable bonds is 5. The Bertz CT molecular complexity index is 1070. The maximum absolute atomic E-state index is 13.5. The number of benzene rings is 1. The highest BCUT2D eigenvalue weighted by atomic mass is 19.1. The van der Waals surface area contributed by atoms with Crippen LogP contribution in [0.15, 0.2) is 30.5 Å². The first kappa shape index (κ1) is 19.5. The number of aromatic nitrogens is 3. The minimum atomic E-state index is -1.31. The highest BCUT2D eigenvalue weighted by molar-refractivity contribution is 6.06. The molecule has 1 atom stereocenters. The van der Waals surface area contributed by atoms with Crippen LogP contribution in [-0.2, 0) is 4.79 Å². The molecule has 3 aromatic rings. The van der Waals surface area contributed by atoms with E-state index in [-0.39, 0.29) is 6.04 Å². The molecule has 1 unspecified atom stereocenters. The van der Waals surface area contributed by atoms with Crippen LogP contribution in [0.3, 0.4) is 0 Å². The van der Waals surface area contributed by atoms with Crippen molar-refractivity contribution >= 4 is 22.9 Å². The molecule has 0 saturated carbocycles. The topological polar surface area (TPSA) is 97.1 Å². The lowest BCUT2D eigenvalue weighted by Crippen LogP contribution is -2.34. The van der Waals surface area contributed by atoms with Gasteiger partial charge in [-0.2, -0.15) is 5.10 Å². The number of aryl methyl sites for hydroxylation is 2. The second kappa shape index (κ2) is 7.38. The number of carbonyl (C=O) groups is 2. The van der Waals surface area contributed by atoms with Crippen molar-refractivity contribution in [3.63, 3.8) is 0 Å². The molecule has 0 saturated heterocycles. The number of carbonyl (C=O) groups excluding carboxylic acids is 1. The molecule has 7 nitrogen and oxygen atoms in total. The Morgan fingerprint density at radius 1 is 1.21 bits per heavy atom. The van der Waals surface area contributed by atoms with Crippen LogP contribution >= 0.6 is 0 Å². The second-order valence-electron chi connectivity index (χ2n) is 6.98. The molecule has 146 valence electrons. The third-order valence-corrected chi connectivity index (χ3v) is 4.47. The van der Waals surface area contributed by atoms with Crippen LogP contribution in [0.4, 0.5) is 4.39 Å². The SMILES string of the molecule is Cc1cc(C(=O)NC(C(=O)O)c2ccc(F)c(C)c2)c2cnn(C(C)C)c2n1. The van der Waals surface area contributed by atoms with Crippen molar-refractivity contribution in [2.24, 2.45) is 0 Å². The fourth-order valence-corrected chi connectivity index (χ4v) is 3.05. The van der Waals surface area contributed by atoms with Gasteiger partial charge in [-0.3, -0.25) is 4.79 Å². The molecule has 0 spiro atoms. The number of fused-ring (bicyclic) bond motifs is 1. The van der Waals surface area contributed by atoms with E-state index in [0.717, 1.165) is 0 Å². The van der Waals surface area contributed by atoms with E-state index in [1.165, 1.54) is 25.1 Å². The summed E-state index contributed by atoms with van der Waals surface area (Å²) in [4.78, 5) is 29.1. The standard InChI is InChI=1S/C20H21FN4O3/c1-10(2)25-18-15(9-22-25)14(8-12(4)23-18)19(26)24-17(20(27)28)13-5-6-16(21)11(3)7-13/h5-10,17H,1-4H3,(H,24,26)(H,27,28). The molecule has 0 fully saturated rings. The molecule has 3 rings (SSSR count). The van der Waals surface area contributed by atoms with Crippen molar-refractivity contribution in [2.75, 3.05) is 0 Å². The Balaban J connectivity index is 2.01. The number of nitrogens with one attached hydrogen (secondary N) is 1. The molecule has 28 heavy (non-hydrogen) atoms. The van der Waals surface area contributed by atoms with E-state index < -0.39 is 23.7 Å². The van der Waals surface area contributed by atoms with Crippen molar-refractivity contribution in [3.8, 4) is 0 Å². The van der Waals surface area contributed by atoms with E-state index in [0.29, 0.717) is 33.4 Å². The zero-order chi connectivity index (χ0) is 20.6. The predicted molar refractivity (Wildman–Crippen MR) is 102 cm³/mol. The zero-order valence-electron chi connectivity index (χ0n) is 16.0. The number of nitrogens with zero attached hydrogens (tertiary/aromatic N) is 3. The first-order valence-electron chi connectivity index (χ1n) is 8.83. The summed E-state index contributed by atoms with van der Waals surface area (Å²) in [6.07, 6.45) is 1.55. The summed E-state index contributed by atoms with van der Waals surface area (Å²) < 4.78 is 15.2. The highest BCUT2D eigenvalue weighted by Gasteiger charge is 2.25. The summed E-state index contributed by atoms with van der Waals surface area (Å²) in [6, 6.07) is 4.30. The minimum absolute atomic E-state index is 0.0525. The largest absolute Gasteiger partial charge is 0.479 e. The van der Waals surface area contributed by atoms with Gasteiger partial charge in [0.2, 0.25) is 0 Å². The fourth-order valence-electron chi connectivity index (χ4n) is 3.05. The van der Waals surface area contributed by atoms with Crippen molar-refractivity contribution in [3.05, 3.63) is 58.7 Å². The molecule has 0 aliphatic rings. The Labute approximate surface area is 161 Å². The number of aliphatic carboxylic acids is 1. The molecule has 0 aliphatic carbocycles. The number of carboxylic acids is 1. The second-order valence-corrected chi connectivity index (χ2v) is 6.98. The molecule has 2 N–H and O–H groups in total. The van der Waals surface area contributed by atoms with Crippen LogP contribution in [0, 0.1) is 19.7 Å². The van der Waals surface area contributed by atoms with Gasteiger partial charge in [-0.15, -0.1) is 0 Å². The number of pyridine rings is 1. The van der Waals surface area contributed by atoms with Gasteiger partial charge in [0, 0.05) is 11.7 Å². The summed E-state index contributed by atoms with van der Waals surface area (Å²) in [6.45, 7) is 7.20. The van der Waals surface area contributed by atoms with E-state index in [1.54, 1.807) is 23.9 Å². The Kier molecular flexibility index (Phi) is 5.13. The lowest BCUT2D eigenvalue weighted by atomic mass is 10.0.